The van der Waals surface area contributed by atoms with Crippen LogP contribution in [0.2, 0.25) is 10.0 Å². The molecular weight excluding hydrogens is 657 g/mol. The highest BCUT2D eigenvalue weighted by atomic mass is 35.5. The molecule has 14 heteroatoms. The Labute approximate surface area is 277 Å². The first-order valence-electron chi connectivity index (χ1n) is 15.4. The molecule has 2 amide bonds. The standard InChI is InChI=1S/C33H32Cl2F2N4O6/c1-4-39(5-2)6-7-40-31(45)23-21-16-8-14(36)10-18(34)25(16)38-26(21)28-22(24(23)32(40)46)17-9-15(37)11-19(35)27(17)41(28)33-30(44)29(43)13(3)20(12-42)47-33/h8-11,13,20,29-30,33,38,42-44H,4-7,12H2,1-3H3/t13-,20-,29+,30-,33-/m1/s1. The molecule has 47 heavy (non-hydrogen) atoms. The van der Waals surface area contributed by atoms with Crippen molar-refractivity contribution in [2.24, 2.45) is 5.92 Å². The molecule has 4 N–H and O–H groups in total. The van der Waals surface area contributed by atoms with Crippen LogP contribution < -0.4 is 0 Å². The number of carbonyl (C=O) groups excluding carboxylic acids is 2. The number of nitrogens with zero attached hydrogens (tertiary/aromatic N) is 3. The summed E-state index contributed by atoms with van der Waals surface area (Å²) >= 11 is 13.2. The molecule has 4 heterocycles. The lowest BCUT2D eigenvalue weighted by Gasteiger charge is -2.42. The van der Waals surface area contributed by atoms with Gasteiger partial charge < -0.3 is 34.5 Å². The lowest BCUT2D eigenvalue weighted by Crippen LogP contribution is -2.52. The van der Waals surface area contributed by atoms with Crippen molar-refractivity contribution in [1.29, 1.82) is 0 Å². The quantitative estimate of drug-likeness (QED) is 0.173. The van der Waals surface area contributed by atoms with E-state index in [0.717, 1.165) is 17.0 Å². The average Bonchev–Trinajstić information content (AvgIpc) is 3.65. The number of amides is 2. The van der Waals surface area contributed by atoms with Crippen molar-refractivity contribution in [2.75, 3.05) is 32.8 Å². The van der Waals surface area contributed by atoms with Crippen LogP contribution in [0.3, 0.4) is 0 Å². The summed E-state index contributed by atoms with van der Waals surface area (Å²) in [7, 11) is 0. The van der Waals surface area contributed by atoms with Gasteiger partial charge in [-0.3, -0.25) is 14.5 Å². The topological polar surface area (TPSA) is 131 Å². The number of nitrogens with one attached hydrogen (secondary N) is 1. The summed E-state index contributed by atoms with van der Waals surface area (Å²) in [6.45, 7) is 6.94. The highest BCUT2D eigenvalue weighted by Crippen LogP contribution is 2.49. The van der Waals surface area contributed by atoms with Gasteiger partial charge >= 0.3 is 0 Å². The highest BCUT2D eigenvalue weighted by molar-refractivity contribution is 6.43. The third-order valence-electron chi connectivity index (χ3n) is 9.80. The van der Waals surface area contributed by atoms with Crippen molar-refractivity contribution in [3.05, 3.63) is 57.1 Å². The van der Waals surface area contributed by atoms with Gasteiger partial charge in [0.15, 0.2) is 6.23 Å². The molecule has 2 aliphatic rings. The molecule has 2 aromatic heterocycles. The van der Waals surface area contributed by atoms with Gasteiger partial charge in [-0.1, -0.05) is 44.0 Å². The van der Waals surface area contributed by atoms with Gasteiger partial charge in [0.1, 0.15) is 17.7 Å². The lowest BCUT2D eigenvalue weighted by molar-refractivity contribution is -0.227. The molecule has 1 fully saturated rings. The normalized spacial score (nSPS) is 23.5. The molecule has 248 valence electrons. The Morgan fingerprint density at radius 3 is 2.15 bits per heavy atom. The fourth-order valence-electron chi connectivity index (χ4n) is 7.30. The van der Waals surface area contributed by atoms with Crippen molar-refractivity contribution in [3.8, 4) is 0 Å². The number of likely N-dealkylation sites (N-methyl/N-ethyl adjacent to an activating group) is 1. The van der Waals surface area contributed by atoms with Crippen LogP contribution >= 0.6 is 23.2 Å². The van der Waals surface area contributed by atoms with Gasteiger partial charge in [-0.25, -0.2) is 8.78 Å². The van der Waals surface area contributed by atoms with Crippen molar-refractivity contribution in [2.45, 2.75) is 45.3 Å². The van der Waals surface area contributed by atoms with Crippen LogP contribution in [0, 0.1) is 17.6 Å². The van der Waals surface area contributed by atoms with Gasteiger partial charge in [0.05, 0.1) is 62.1 Å². The van der Waals surface area contributed by atoms with Crippen LogP contribution in [-0.2, 0) is 4.74 Å². The Hall–Kier alpha value is -3.36. The van der Waals surface area contributed by atoms with E-state index >= 15 is 4.39 Å². The SMILES string of the molecule is CCN(CC)CCN1C(=O)c2c(c3c4cc(F)cc(Cl)c4n([C@@H]4O[C@H](CO)[C@@H](C)[C@H](O)[C@H]4O)c3c3[nH]c4c(Cl)cc(F)cc4c23)C1=O. The lowest BCUT2D eigenvalue weighted by atomic mass is 9.90. The number of benzene rings is 3. The minimum absolute atomic E-state index is 0.00333. The number of aromatic amines is 1. The number of aliphatic hydroxyl groups is 3. The van der Waals surface area contributed by atoms with Crippen molar-refractivity contribution in [3.63, 3.8) is 0 Å². The largest absolute Gasteiger partial charge is 0.394 e. The minimum Gasteiger partial charge on any atom is -0.394 e. The maximum absolute atomic E-state index is 15.2. The number of H-pyrrole nitrogens is 1. The Kier molecular flexibility index (Phi) is 7.99. The summed E-state index contributed by atoms with van der Waals surface area (Å²) < 4.78 is 37.7. The predicted octanol–water partition coefficient (Wildman–Crippen LogP) is 5.20. The Morgan fingerprint density at radius 2 is 1.51 bits per heavy atom. The third-order valence-corrected chi connectivity index (χ3v) is 10.4. The van der Waals surface area contributed by atoms with E-state index in [-0.39, 0.29) is 71.3 Å². The second-order valence-electron chi connectivity index (χ2n) is 12.2. The van der Waals surface area contributed by atoms with Gasteiger partial charge in [-0.05, 0) is 37.4 Å². The first-order valence-corrected chi connectivity index (χ1v) is 16.2. The van der Waals surface area contributed by atoms with Crippen LogP contribution in [0.1, 0.15) is 47.7 Å². The molecule has 0 spiro atoms. The van der Waals surface area contributed by atoms with Crippen LogP contribution in [-0.4, -0.2) is 97.6 Å². The first-order chi connectivity index (χ1) is 22.4. The monoisotopic (exact) mass is 688 g/mol. The highest BCUT2D eigenvalue weighted by Gasteiger charge is 2.46. The number of halogens is 4. The number of hydrogen-bond donors (Lipinski definition) is 4. The molecule has 0 unspecified atom stereocenters. The van der Waals surface area contributed by atoms with Crippen LogP contribution in [0.15, 0.2) is 24.3 Å². The number of aliphatic hydroxyl groups excluding tert-OH is 3. The van der Waals surface area contributed by atoms with Gasteiger partial charge in [-0.15, -0.1) is 0 Å². The van der Waals surface area contributed by atoms with E-state index in [1.54, 1.807) is 6.92 Å². The summed E-state index contributed by atoms with van der Waals surface area (Å²) in [6, 6.07) is 4.56. The van der Waals surface area contributed by atoms with Crippen LogP contribution in [0.25, 0.3) is 43.6 Å². The third kappa shape index (κ3) is 4.61. The number of fused-ring (bicyclic) bond motifs is 10. The van der Waals surface area contributed by atoms with Gasteiger partial charge in [0.2, 0.25) is 0 Å². The Morgan fingerprint density at radius 1 is 0.894 bits per heavy atom. The van der Waals surface area contributed by atoms with E-state index in [0.29, 0.717) is 19.6 Å². The number of carbonyl (C=O) groups is 2. The molecule has 0 bridgehead atoms. The maximum Gasteiger partial charge on any atom is 0.262 e. The summed E-state index contributed by atoms with van der Waals surface area (Å²) in [4.78, 5) is 35.1. The zero-order valence-electron chi connectivity index (χ0n) is 25.7. The molecule has 5 atom stereocenters. The van der Waals surface area contributed by atoms with Gasteiger partial charge in [0.25, 0.3) is 11.8 Å². The molecule has 7 rings (SSSR count). The maximum atomic E-state index is 15.2. The number of imide groups is 1. The molecule has 0 radical (unpaired) electrons. The van der Waals surface area contributed by atoms with E-state index in [2.05, 4.69) is 9.88 Å². The zero-order chi connectivity index (χ0) is 33.6. The molecule has 3 aromatic carbocycles. The van der Waals surface area contributed by atoms with E-state index < -0.39 is 60.5 Å². The smallest absolute Gasteiger partial charge is 0.262 e. The predicted molar refractivity (Wildman–Crippen MR) is 174 cm³/mol. The molecule has 10 nitrogen and oxygen atoms in total. The number of aromatic nitrogens is 2. The molecule has 1 saturated heterocycles. The second kappa shape index (κ2) is 11.7. The molecule has 5 aromatic rings. The Balaban J connectivity index is 1.65. The van der Waals surface area contributed by atoms with E-state index in [1.165, 1.54) is 16.7 Å². The van der Waals surface area contributed by atoms with E-state index in [4.69, 9.17) is 27.9 Å². The summed E-state index contributed by atoms with van der Waals surface area (Å²) in [5.74, 6) is -3.30. The molecule has 0 saturated carbocycles. The van der Waals surface area contributed by atoms with Crippen molar-refractivity contribution in [1.82, 2.24) is 19.4 Å². The molecular formula is C33H32Cl2F2N4O6. The summed E-state index contributed by atoms with van der Waals surface area (Å²) in [5, 5.41) is 33.3. The van der Waals surface area contributed by atoms with Crippen molar-refractivity contribution < 1.29 is 38.4 Å². The van der Waals surface area contributed by atoms with E-state index in [1.807, 2.05) is 13.8 Å². The van der Waals surface area contributed by atoms with Crippen LogP contribution in [0.4, 0.5) is 8.78 Å². The van der Waals surface area contributed by atoms with Crippen LogP contribution in [0.5, 0.6) is 0 Å². The zero-order valence-corrected chi connectivity index (χ0v) is 27.2. The Bertz CT molecular complexity index is 2130. The fraction of sp³-hybridized carbons (Fsp3) is 0.394. The summed E-state index contributed by atoms with van der Waals surface area (Å²) in [6.07, 6.45) is -5.23. The first kappa shape index (κ1) is 32.2. The number of ether oxygens (including phenoxy) is 1. The van der Waals surface area contributed by atoms with Gasteiger partial charge in [-0.2, -0.15) is 0 Å². The van der Waals surface area contributed by atoms with E-state index in [9.17, 15) is 29.3 Å². The molecule has 0 aliphatic carbocycles. The number of hydrogen-bond acceptors (Lipinski definition) is 7. The average molecular weight is 690 g/mol. The summed E-state index contributed by atoms with van der Waals surface area (Å²) in [5.41, 5.74) is 0.796. The molecule has 2 aliphatic heterocycles. The minimum atomic E-state index is -1.57. The fourth-order valence-corrected chi connectivity index (χ4v) is 7.85. The second-order valence-corrected chi connectivity index (χ2v) is 13.0. The van der Waals surface area contributed by atoms with Crippen molar-refractivity contribution >= 4 is 78.6 Å². The van der Waals surface area contributed by atoms with Gasteiger partial charge in [0, 0.05) is 40.6 Å². The number of rotatable bonds is 7.